The molecule has 0 spiro atoms. The normalized spacial score (nSPS) is 19.3. The number of nitrogens with one attached hydrogen (secondary N) is 1. The summed E-state index contributed by atoms with van der Waals surface area (Å²) in [6.45, 7) is 2.06. The summed E-state index contributed by atoms with van der Waals surface area (Å²) >= 11 is 3.36. The van der Waals surface area contributed by atoms with E-state index in [-0.39, 0.29) is 11.6 Å². The number of methoxy groups -OCH3 is 2. The Kier molecular flexibility index (Phi) is 5.05. The minimum atomic E-state index is -0.353. The van der Waals surface area contributed by atoms with Crippen LogP contribution in [0.15, 0.2) is 10.5 Å². The van der Waals surface area contributed by atoms with Gasteiger partial charge in [0.25, 0.3) is 0 Å². The molecule has 106 valence electrons. The molecule has 0 bridgehead atoms. The van der Waals surface area contributed by atoms with Crippen LogP contribution in [0, 0.1) is 11.7 Å². The third-order valence-electron chi connectivity index (χ3n) is 3.52. The topological polar surface area (TPSA) is 30.5 Å². The van der Waals surface area contributed by atoms with Crippen molar-refractivity contribution in [3.8, 4) is 11.5 Å². The lowest BCUT2D eigenvalue weighted by Crippen LogP contribution is -2.31. The van der Waals surface area contributed by atoms with Crippen LogP contribution in [-0.2, 0) is 6.42 Å². The van der Waals surface area contributed by atoms with Crippen molar-refractivity contribution in [2.45, 2.75) is 19.3 Å². The van der Waals surface area contributed by atoms with Gasteiger partial charge >= 0.3 is 0 Å². The summed E-state index contributed by atoms with van der Waals surface area (Å²) in [4.78, 5) is 0. The van der Waals surface area contributed by atoms with Crippen molar-refractivity contribution in [1.82, 2.24) is 5.32 Å². The van der Waals surface area contributed by atoms with E-state index in [2.05, 4.69) is 21.2 Å². The largest absolute Gasteiger partial charge is 0.495 e. The van der Waals surface area contributed by atoms with Crippen LogP contribution >= 0.6 is 15.9 Å². The fourth-order valence-electron chi connectivity index (χ4n) is 2.60. The summed E-state index contributed by atoms with van der Waals surface area (Å²) in [6.07, 6.45) is 3.16. The Balaban J connectivity index is 2.28. The first kappa shape index (κ1) is 14.6. The van der Waals surface area contributed by atoms with Crippen molar-refractivity contribution in [2.24, 2.45) is 5.92 Å². The number of halogens is 2. The summed E-state index contributed by atoms with van der Waals surface area (Å²) in [7, 11) is 3.05. The second-order valence-corrected chi connectivity index (χ2v) is 5.61. The maximum Gasteiger partial charge on any atom is 0.172 e. The first-order valence-electron chi connectivity index (χ1n) is 6.47. The molecule has 19 heavy (non-hydrogen) atoms. The van der Waals surface area contributed by atoms with Gasteiger partial charge in [0, 0.05) is 0 Å². The van der Waals surface area contributed by atoms with Crippen LogP contribution in [0.4, 0.5) is 4.39 Å². The molecule has 5 heteroatoms. The summed E-state index contributed by atoms with van der Waals surface area (Å²) in [5, 5.41) is 3.37. The fourth-order valence-corrected chi connectivity index (χ4v) is 3.37. The summed E-state index contributed by atoms with van der Waals surface area (Å²) < 4.78 is 25.0. The molecule has 1 fully saturated rings. The van der Waals surface area contributed by atoms with Gasteiger partial charge in [0.2, 0.25) is 0 Å². The van der Waals surface area contributed by atoms with Crippen LogP contribution in [0.5, 0.6) is 11.5 Å². The smallest absolute Gasteiger partial charge is 0.172 e. The first-order chi connectivity index (χ1) is 9.17. The molecule has 1 heterocycles. The molecule has 3 nitrogen and oxygen atoms in total. The molecule has 2 rings (SSSR count). The Hall–Kier alpha value is -0.810. The maximum absolute atomic E-state index is 14.0. The Morgan fingerprint density at radius 2 is 2.11 bits per heavy atom. The zero-order valence-corrected chi connectivity index (χ0v) is 12.8. The molecule has 1 saturated heterocycles. The number of hydrogen-bond donors (Lipinski definition) is 1. The second-order valence-electron chi connectivity index (χ2n) is 4.81. The number of rotatable bonds is 4. The van der Waals surface area contributed by atoms with Crippen molar-refractivity contribution in [2.75, 3.05) is 27.3 Å². The molecular formula is C14H19BrFNO2. The third-order valence-corrected chi connectivity index (χ3v) is 4.24. The van der Waals surface area contributed by atoms with Gasteiger partial charge in [-0.1, -0.05) is 0 Å². The van der Waals surface area contributed by atoms with Crippen molar-refractivity contribution >= 4 is 15.9 Å². The van der Waals surface area contributed by atoms with Gasteiger partial charge in [0.05, 0.1) is 14.2 Å². The lowest BCUT2D eigenvalue weighted by molar-refractivity contribution is 0.351. The Morgan fingerprint density at radius 3 is 2.68 bits per heavy atom. The summed E-state index contributed by atoms with van der Waals surface area (Å²) in [5.74, 6) is 1.04. The minimum Gasteiger partial charge on any atom is -0.495 e. The Labute approximate surface area is 121 Å². The molecular weight excluding hydrogens is 313 g/mol. The van der Waals surface area contributed by atoms with Gasteiger partial charge in [-0.25, -0.2) is 4.39 Å². The van der Waals surface area contributed by atoms with Crippen LogP contribution in [0.1, 0.15) is 18.4 Å². The number of piperidine rings is 1. The molecule has 1 aromatic rings. The van der Waals surface area contributed by atoms with E-state index in [0.29, 0.717) is 16.1 Å². The molecule has 0 saturated carbocycles. The van der Waals surface area contributed by atoms with Gasteiger partial charge < -0.3 is 14.8 Å². The number of hydrogen-bond acceptors (Lipinski definition) is 3. The van der Waals surface area contributed by atoms with Crippen molar-refractivity contribution in [3.05, 3.63) is 21.9 Å². The van der Waals surface area contributed by atoms with Gasteiger partial charge in [-0.2, -0.15) is 0 Å². The molecule has 0 amide bonds. The van der Waals surface area contributed by atoms with Crippen LogP contribution in [0.25, 0.3) is 0 Å². The number of benzene rings is 1. The lowest BCUT2D eigenvalue weighted by atomic mass is 9.92. The molecule has 0 aromatic heterocycles. The zero-order valence-electron chi connectivity index (χ0n) is 11.3. The number of ether oxygens (including phenoxy) is 2. The Morgan fingerprint density at radius 1 is 1.37 bits per heavy atom. The highest BCUT2D eigenvalue weighted by molar-refractivity contribution is 9.10. The van der Waals surface area contributed by atoms with Crippen LogP contribution in [0.3, 0.4) is 0 Å². The quantitative estimate of drug-likeness (QED) is 0.919. The van der Waals surface area contributed by atoms with Crippen molar-refractivity contribution in [3.63, 3.8) is 0 Å². The van der Waals surface area contributed by atoms with E-state index in [0.717, 1.165) is 25.1 Å². The molecule has 1 atom stereocenters. The SMILES string of the molecule is COc1c(F)cc(CC2CCCNC2)c(OC)c1Br. The average molecular weight is 332 g/mol. The van der Waals surface area contributed by atoms with E-state index >= 15 is 0 Å². The van der Waals surface area contributed by atoms with Crippen LogP contribution in [-0.4, -0.2) is 27.3 Å². The van der Waals surface area contributed by atoms with Crippen LogP contribution < -0.4 is 14.8 Å². The highest BCUT2D eigenvalue weighted by Gasteiger charge is 2.21. The zero-order chi connectivity index (χ0) is 13.8. The predicted octanol–water partition coefficient (Wildman–Crippen LogP) is 3.15. The fraction of sp³-hybridized carbons (Fsp3) is 0.571. The van der Waals surface area contributed by atoms with E-state index in [1.807, 2.05) is 0 Å². The molecule has 1 unspecified atom stereocenters. The molecule has 1 aliphatic rings. The summed E-state index contributed by atoms with van der Waals surface area (Å²) in [6, 6.07) is 1.52. The van der Waals surface area contributed by atoms with E-state index in [1.54, 1.807) is 7.11 Å². The van der Waals surface area contributed by atoms with Gasteiger partial charge in [0.1, 0.15) is 10.2 Å². The first-order valence-corrected chi connectivity index (χ1v) is 7.26. The molecule has 0 radical (unpaired) electrons. The highest BCUT2D eigenvalue weighted by Crippen LogP contribution is 2.40. The third kappa shape index (κ3) is 3.20. The van der Waals surface area contributed by atoms with Gasteiger partial charge in [-0.3, -0.25) is 0 Å². The second kappa shape index (κ2) is 6.57. The standard InChI is InChI=1S/C14H19BrFNO2/c1-18-13-10(6-9-4-3-5-17-8-9)7-11(16)14(19-2)12(13)15/h7,9,17H,3-6,8H2,1-2H3. The average Bonchev–Trinajstić information content (AvgIpc) is 2.40. The maximum atomic E-state index is 14.0. The lowest BCUT2D eigenvalue weighted by Gasteiger charge is -2.24. The molecule has 1 N–H and O–H groups in total. The Bertz CT molecular complexity index is 448. The monoisotopic (exact) mass is 331 g/mol. The molecule has 1 aliphatic heterocycles. The van der Waals surface area contributed by atoms with E-state index in [4.69, 9.17) is 9.47 Å². The van der Waals surface area contributed by atoms with Gasteiger partial charge in [-0.05, 0) is 65.8 Å². The highest BCUT2D eigenvalue weighted by atomic mass is 79.9. The predicted molar refractivity (Wildman–Crippen MR) is 76.5 cm³/mol. The minimum absolute atomic E-state index is 0.197. The molecule has 1 aromatic carbocycles. The van der Waals surface area contributed by atoms with Crippen molar-refractivity contribution in [1.29, 1.82) is 0 Å². The van der Waals surface area contributed by atoms with Gasteiger partial charge in [-0.15, -0.1) is 0 Å². The van der Waals surface area contributed by atoms with E-state index < -0.39 is 0 Å². The van der Waals surface area contributed by atoms with Crippen molar-refractivity contribution < 1.29 is 13.9 Å². The van der Waals surface area contributed by atoms with Gasteiger partial charge in [0.15, 0.2) is 11.6 Å². The van der Waals surface area contributed by atoms with E-state index in [1.165, 1.54) is 26.0 Å². The summed E-state index contributed by atoms with van der Waals surface area (Å²) in [5.41, 5.74) is 0.890. The molecule has 0 aliphatic carbocycles. The van der Waals surface area contributed by atoms with E-state index in [9.17, 15) is 4.39 Å². The van der Waals surface area contributed by atoms with Crippen LogP contribution in [0.2, 0.25) is 0 Å².